The Morgan fingerprint density at radius 1 is 1.31 bits per heavy atom. The number of alkyl halides is 4. The summed E-state index contributed by atoms with van der Waals surface area (Å²) in [5, 5.41) is 0. The smallest absolute Gasteiger partial charge is 0.312 e. The summed E-state index contributed by atoms with van der Waals surface area (Å²) in [5.74, 6) is -4.36. The van der Waals surface area contributed by atoms with Gasteiger partial charge in [0.2, 0.25) is 0 Å². The van der Waals surface area contributed by atoms with Crippen molar-refractivity contribution in [2.45, 2.75) is 12.3 Å². The first-order valence-electron chi connectivity index (χ1n) is 3.14. The van der Waals surface area contributed by atoms with Crippen molar-refractivity contribution < 1.29 is 31.2 Å². The fourth-order valence-corrected chi connectivity index (χ4v) is 1.59. The third-order valence-corrected chi connectivity index (χ3v) is 3.20. The molecule has 13 heavy (non-hydrogen) atoms. The molecule has 0 aromatic rings. The fraction of sp³-hybridized carbons (Fsp3) is 1.00. The molecule has 0 aliphatic heterocycles. The molecule has 8 heteroatoms. The lowest BCUT2D eigenvalue weighted by Crippen LogP contribution is -2.31. The Morgan fingerprint density at radius 3 is 1.92 bits per heavy atom. The summed E-state index contributed by atoms with van der Waals surface area (Å²) in [4.78, 5) is 0. The maximum atomic E-state index is 12.3. The van der Waals surface area contributed by atoms with Crippen LogP contribution in [0.1, 0.15) is 0 Å². The third-order valence-electron chi connectivity index (χ3n) is 1.28. The molecule has 0 atom stereocenters. The Morgan fingerprint density at radius 2 is 1.69 bits per heavy atom. The van der Waals surface area contributed by atoms with Crippen LogP contribution in [0.4, 0.5) is 17.6 Å². The van der Waals surface area contributed by atoms with Gasteiger partial charge < -0.3 is 9.05 Å². The van der Waals surface area contributed by atoms with Crippen LogP contribution in [0.15, 0.2) is 0 Å². The molecule has 0 fully saturated rings. The second-order valence-corrected chi connectivity index (χ2v) is 4.46. The van der Waals surface area contributed by atoms with Gasteiger partial charge >= 0.3 is 19.9 Å². The molecule has 0 saturated heterocycles. The highest BCUT2D eigenvalue weighted by molar-refractivity contribution is 7.53. The van der Waals surface area contributed by atoms with E-state index in [0.29, 0.717) is 0 Å². The molecule has 0 radical (unpaired) electrons. The van der Waals surface area contributed by atoms with Crippen LogP contribution in [0.25, 0.3) is 0 Å². The second-order valence-electron chi connectivity index (χ2n) is 2.20. The summed E-state index contributed by atoms with van der Waals surface area (Å²) < 4.78 is 67.1. The SMILES string of the molecule is COP(=O)(CC(F)(F)C(F)F)OC. The molecule has 0 amide bonds. The van der Waals surface area contributed by atoms with Crippen molar-refractivity contribution in [3.05, 3.63) is 0 Å². The zero-order valence-corrected chi connectivity index (χ0v) is 7.86. The van der Waals surface area contributed by atoms with E-state index in [-0.39, 0.29) is 0 Å². The van der Waals surface area contributed by atoms with Crippen molar-refractivity contribution in [2.75, 3.05) is 20.4 Å². The van der Waals surface area contributed by atoms with Gasteiger partial charge in [-0.1, -0.05) is 0 Å². The molecule has 0 aliphatic carbocycles. The lowest BCUT2D eigenvalue weighted by molar-refractivity contribution is -0.113. The summed E-state index contributed by atoms with van der Waals surface area (Å²) in [7, 11) is -2.38. The van der Waals surface area contributed by atoms with Gasteiger partial charge in [-0.15, -0.1) is 0 Å². The van der Waals surface area contributed by atoms with Gasteiger partial charge in [0.05, 0.1) is 0 Å². The van der Waals surface area contributed by atoms with E-state index in [1.807, 2.05) is 0 Å². The highest BCUT2D eigenvalue weighted by Crippen LogP contribution is 2.51. The molecule has 0 aromatic heterocycles. The van der Waals surface area contributed by atoms with Crippen LogP contribution < -0.4 is 0 Å². The van der Waals surface area contributed by atoms with E-state index in [4.69, 9.17) is 0 Å². The minimum Gasteiger partial charge on any atom is -0.312 e. The van der Waals surface area contributed by atoms with Crippen molar-refractivity contribution in [3.63, 3.8) is 0 Å². The van der Waals surface area contributed by atoms with Gasteiger partial charge in [0.15, 0.2) is 0 Å². The Balaban J connectivity index is 4.49. The molecule has 0 spiro atoms. The van der Waals surface area contributed by atoms with Crippen LogP contribution in [0.3, 0.4) is 0 Å². The highest BCUT2D eigenvalue weighted by Gasteiger charge is 2.47. The molecular weight excluding hydrogens is 215 g/mol. The standard InChI is InChI=1S/C5H9F4O3P/c1-11-13(10,12-2)3-5(8,9)4(6)7/h4H,3H2,1-2H3. The summed E-state index contributed by atoms with van der Waals surface area (Å²) >= 11 is 0. The summed E-state index contributed by atoms with van der Waals surface area (Å²) in [6.45, 7) is 0. The van der Waals surface area contributed by atoms with Crippen LogP contribution >= 0.6 is 7.60 Å². The largest absolute Gasteiger partial charge is 0.336 e. The molecule has 0 heterocycles. The molecule has 0 saturated carbocycles. The predicted octanol–water partition coefficient (Wildman–Crippen LogP) is 2.37. The number of rotatable bonds is 5. The molecule has 0 unspecified atom stereocenters. The predicted molar refractivity (Wildman–Crippen MR) is 37.4 cm³/mol. The van der Waals surface area contributed by atoms with Crippen LogP contribution in [0.5, 0.6) is 0 Å². The van der Waals surface area contributed by atoms with Crippen molar-refractivity contribution in [1.29, 1.82) is 0 Å². The van der Waals surface area contributed by atoms with E-state index < -0.39 is 26.1 Å². The average Bonchev–Trinajstić information content (AvgIpc) is 2.03. The zero-order valence-electron chi connectivity index (χ0n) is 6.97. The highest BCUT2D eigenvalue weighted by atomic mass is 31.2. The third kappa shape index (κ3) is 3.62. The first-order valence-corrected chi connectivity index (χ1v) is 4.86. The molecule has 0 aromatic carbocycles. The van der Waals surface area contributed by atoms with Crippen molar-refractivity contribution in [3.8, 4) is 0 Å². The van der Waals surface area contributed by atoms with Crippen molar-refractivity contribution in [1.82, 2.24) is 0 Å². The van der Waals surface area contributed by atoms with Gasteiger partial charge in [0.1, 0.15) is 6.16 Å². The number of hydrogen-bond acceptors (Lipinski definition) is 3. The topological polar surface area (TPSA) is 35.5 Å². The van der Waals surface area contributed by atoms with E-state index >= 15 is 0 Å². The molecule has 80 valence electrons. The van der Waals surface area contributed by atoms with Gasteiger partial charge in [0.25, 0.3) is 0 Å². The zero-order chi connectivity index (χ0) is 10.7. The van der Waals surface area contributed by atoms with E-state index in [2.05, 4.69) is 9.05 Å². The maximum Gasteiger partial charge on any atom is 0.336 e. The maximum absolute atomic E-state index is 12.3. The normalized spacial score (nSPS) is 13.8. The Labute approximate surface area is 72.6 Å². The molecule has 3 nitrogen and oxygen atoms in total. The fourth-order valence-electron chi connectivity index (χ4n) is 0.531. The van der Waals surface area contributed by atoms with Crippen LogP contribution in [-0.2, 0) is 13.6 Å². The minimum atomic E-state index is -4.36. The van der Waals surface area contributed by atoms with Crippen LogP contribution in [0.2, 0.25) is 0 Å². The number of hydrogen-bond donors (Lipinski definition) is 0. The van der Waals surface area contributed by atoms with Crippen LogP contribution in [-0.4, -0.2) is 32.7 Å². The first kappa shape index (κ1) is 12.9. The van der Waals surface area contributed by atoms with Crippen molar-refractivity contribution in [2.24, 2.45) is 0 Å². The Kier molecular flexibility index (Phi) is 4.35. The van der Waals surface area contributed by atoms with E-state index in [0.717, 1.165) is 14.2 Å². The molecular formula is C5H9F4O3P. The van der Waals surface area contributed by atoms with Crippen molar-refractivity contribution >= 4 is 7.60 Å². The minimum absolute atomic E-state index is 0.853. The van der Waals surface area contributed by atoms with Gasteiger partial charge in [-0.05, 0) is 0 Å². The molecule has 0 N–H and O–H groups in total. The van der Waals surface area contributed by atoms with E-state index in [1.54, 1.807) is 0 Å². The lowest BCUT2D eigenvalue weighted by atomic mass is 10.4. The first-order chi connectivity index (χ1) is 5.77. The summed E-state index contributed by atoms with van der Waals surface area (Å²) in [6.07, 6.45) is -5.50. The van der Waals surface area contributed by atoms with Gasteiger partial charge in [0, 0.05) is 14.2 Å². The monoisotopic (exact) mass is 224 g/mol. The Hall–Kier alpha value is -0.130. The summed E-state index contributed by atoms with van der Waals surface area (Å²) in [6, 6.07) is 0. The number of halogens is 4. The quantitative estimate of drug-likeness (QED) is 0.531. The molecule has 0 rings (SSSR count). The van der Waals surface area contributed by atoms with E-state index in [9.17, 15) is 22.1 Å². The average molecular weight is 224 g/mol. The van der Waals surface area contributed by atoms with Gasteiger partial charge in [-0.25, -0.2) is 8.78 Å². The molecule has 0 bridgehead atoms. The Bertz CT molecular complexity index is 200. The second kappa shape index (κ2) is 4.39. The summed E-state index contributed by atoms with van der Waals surface area (Å²) in [5.41, 5.74) is 0. The van der Waals surface area contributed by atoms with Gasteiger partial charge in [-0.3, -0.25) is 4.57 Å². The van der Waals surface area contributed by atoms with E-state index in [1.165, 1.54) is 0 Å². The van der Waals surface area contributed by atoms with Crippen LogP contribution in [0, 0.1) is 0 Å². The lowest BCUT2D eigenvalue weighted by Gasteiger charge is -2.19. The van der Waals surface area contributed by atoms with Gasteiger partial charge in [-0.2, -0.15) is 8.78 Å². The molecule has 0 aliphatic rings.